The molecule has 2 aliphatic heterocycles. The van der Waals surface area contributed by atoms with Crippen LogP contribution in [-0.4, -0.2) is 16.5 Å². The van der Waals surface area contributed by atoms with Gasteiger partial charge in [0, 0.05) is 28.9 Å². The molecule has 0 saturated carbocycles. The van der Waals surface area contributed by atoms with Crippen LogP contribution >= 0.6 is 0 Å². The number of anilines is 1. The van der Waals surface area contributed by atoms with E-state index in [0.717, 1.165) is 11.1 Å². The molecular formula is C22H15N3O4. The Balaban J connectivity index is 1.68. The van der Waals surface area contributed by atoms with E-state index in [2.05, 4.69) is 10.5 Å². The fraction of sp³-hybridized carbons (Fsp3) is 0.0909. The van der Waals surface area contributed by atoms with Crippen LogP contribution in [0.3, 0.4) is 0 Å². The van der Waals surface area contributed by atoms with E-state index in [9.17, 15) is 14.9 Å². The predicted molar refractivity (Wildman–Crippen MR) is 107 cm³/mol. The van der Waals surface area contributed by atoms with Crippen LogP contribution in [-0.2, 0) is 15.2 Å². The lowest BCUT2D eigenvalue weighted by atomic mass is 9.74. The van der Waals surface area contributed by atoms with Crippen molar-refractivity contribution in [2.24, 2.45) is 5.16 Å². The minimum atomic E-state index is -1.32. The summed E-state index contributed by atoms with van der Waals surface area (Å²) in [5, 5.41) is 18.2. The van der Waals surface area contributed by atoms with Crippen molar-refractivity contribution in [2.45, 2.75) is 11.5 Å². The van der Waals surface area contributed by atoms with Crippen LogP contribution in [0, 0.1) is 10.1 Å². The van der Waals surface area contributed by atoms with Gasteiger partial charge in [-0.2, -0.15) is 0 Å². The zero-order valence-electron chi connectivity index (χ0n) is 15.1. The Morgan fingerprint density at radius 2 is 1.66 bits per heavy atom. The highest BCUT2D eigenvalue weighted by molar-refractivity contribution is 6.15. The molecule has 1 amide bonds. The van der Waals surface area contributed by atoms with Crippen LogP contribution in [0.2, 0.25) is 0 Å². The number of para-hydroxylation sites is 1. The quantitative estimate of drug-likeness (QED) is 0.545. The number of rotatable bonds is 3. The summed E-state index contributed by atoms with van der Waals surface area (Å²) in [6.45, 7) is 0. The van der Waals surface area contributed by atoms with Crippen molar-refractivity contribution >= 4 is 23.0 Å². The molecule has 0 aromatic heterocycles. The third kappa shape index (κ3) is 2.44. The van der Waals surface area contributed by atoms with E-state index in [-0.39, 0.29) is 11.6 Å². The van der Waals surface area contributed by atoms with Crippen molar-refractivity contribution in [1.29, 1.82) is 0 Å². The van der Waals surface area contributed by atoms with E-state index in [1.54, 1.807) is 12.1 Å². The number of hydrogen-bond donors (Lipinski definition) is 1. The number of hydrogen-bond acceptors (Lipinski definition) is 5. The second-order valence-corrected chi connectivity index (χ2v) is 6.95. The van der Waals surface area contributed by atoms with Gasteiger partial charge >= 0.3 is 0 Å². The first-order valence-corrected chi connectivity index (χ1v) is 9.08. The summed E-state index contributed by atoms with van der Waals surface area (Å²) in [6, 6.07) is 23.1. The average Bonchev–Trinajstić information content (AvgIpc) is 3.28. The number of non-ortho nitro benzene ring substituents is 1. The van der Waals surface area contributed by atoms with Gasteiger partial charge in [-0.15, -0.1) is 0 Å². The largest absolute Gasteiger partial charge is 0.373 e. The lowest BCUT2D eigenvalue weighted by Gasteiger charge is -2.28. The number of nitrogens with one attached hydrogen (secondary N) is 1. The standard InChI is InChI=1S/C22H15N3O4/c26-21-22(17-8-4-5-9-18(17)23-21)19(14-6-2-1-3-7-14)20(24-29-22)15-10-12-16(13-11-15)25(27)28/h1-13,19H,(H,23,26)/t19-,22-/m1/s1. The number of carbonyl (C=O) groups is 1. The van der Waals surface area contributed by atoms with Crippen LogP contribution in [0.4, 0.5) is 11.4 Å². The van der Waals surface area contributed by atoms with E-state index in [1.807, 2.05) is 54.6 Å². The van der Waals surface area contributed by atoms with Crippen molar-refractivity contribution in [1.82, 2.24) is 0 Å². The summed E-state index contributed by atoms with van der Waals surface area (Å²) in [6.07, 6.45) is 0. The smallest absolute Gasteiger partial charge is 0.277 e. The minimum absolute atomic E-state index is 0.0109. The number of nitrogens with zero attached hydrogens (tertiary/aromatic N) is 2. The Labute approximate surface area is 165 Å². The number of nitro benzene ring substituents is 1. The summed E-state index contributed by atoms with van der Waals surface area (Å²) < 4.78 is 0. The summed E-state index contributed by atoms with van der Waals surface area (Å²) in [4.78, 5) is 29.6. The van der Waals surface area contributed by atoms with Crippen LogP contribution in [0.5, 0.6) is 0 Å². The van der Waals surface area contributed by atoms with Crippen molar-refractivity contribution < 1.29 is 14.6 Å². The molecule has 0 fully saturated rings. The summed E-state index contributed by atoms with van der Waals surface area (Å²) in [5.41, 5.74) is 2.17. The third-order valence-corrected chi connectivity index (χ3v) is 5.39. The number of fused-ring (bicyclic) bond motifs is 2. The molecule has 0 aliphatic carbocycles. The number of carbonyl (C=O) groups excluding carboxylic acids is 1. The molecule has 7 heteroatoms. The molecule has 142 valence electrons. The molecule has 1 N–H and O–H groups in total. The first-order valence-electron chi connectivity index (χ1n) is 9.08. The Hall–Kier alpha value is -4.00. The third-order valence-electron chi connectivity index (χ3n) is 5.39. The van der Waals surface area contributed by atoms with Gasteiger partial charge in [-0.05, 0) is 23.8 Å². The summed E-state index contributed by atoms with van der Waals surface area (Å²) >= 11 is 0. The van der Waals surface area contributed by atoms with Crippen molar-refractivity contribution in [3.63, 3.8) is 0 Å². The summed E-state index contributed by atoms with van der Waals surface area (Å²) in [7, 11) is 0. The Bertz CT molecular complexity index is 1160. The van der Waals surface area contributed by atoms with Gasteiger partial charge in [0.1, 0.15) is 0 Å². The Morgan fingerprint density at radius 3 is 2.38 bits per heavy atom. The molecule has 2 atom stereocenters. The highest BCUT2D eigenvalue weighted by Crippen LogP contribution is 2.52. The predicted octanol–water partition coefficient (Wildman–Crippen LogP) is 3.96. The first-order chi connectivity index (χ1) is 14.1. The molecule has 29 heavy (non-hydrogen) atoms. The molecule has 3 aromatic rings. The maximum atomic E-state index is 13.2. The zero-order chi connectivity index (χ0) is 20.0. The number of oxime groups is 1. The summed E-state index contributed by atoms with van der Waals surface area (Å²) in [5.74, 6) is -0.790. The molecule has 2 aliphatic rings. The maximum Gasteiger partial charge on any atom is 0.277 e. The fourth-order valence-corrected chi connectivity index (χ4v) is 4.06. The molecular weight excluding hydrogens is 370 g/mol. The van der Waals surface area contributed by atoms with Gasteiger partial charge in [-0.3, -0.25) is 14.9 Å². The second-order valence-electron chi connectivity index (χ2n) is 6.95. The van der Waals surface area contributed by atoms with Crippen LogP contribution < -0.4 is 5.32 Å². The molecule has 7 nitrogen and oxygen atoms in total. The van der Waals surface area contributed by atoms with Crippen molar-refractivity contribution in [3.05, 3.63) is 106 Å². The van der Waals surface area contributed by atoms with Gasteiger partial charge < -0.3 is 10.2 Å². The number of benzene rings is 3. The van der Waals surface area contributed by atoms with Gasteiger partial charge in [-0.1, -0.05) is 53.7 Å². The first kappa shape index (κ1) is 17.1. The molecule has 1 spiro atoms. The van der Waals surface area contributed by atoms with Crippen molar-refractivity contribution in [3.8, 4) is 0 Å². The zero-order valence-corrected chi connectivity index (χ0v) is 15.1. The van der Waals surface area contributed by atoms with Gasteiger partial charge in [-0.25, -0.2) is 0 Å². The van der Waals surface area contributed by atoms with E-state index in [0.29, 0.717) is 17.0 Å². The SMILES string of the molecule is O=C1Nc2ccccc2[C@]12ON=C(c1ccc([N+](=O)[O-])cc1)[C@H]2c1ccccc1. The van der Waals surface area contributed by atoms with Crippen LogP contribution in [0.25, 0.3) is 0 Å². The van der Waals surface area contributed by atoms with Crippen molar-refractivity contribution in [2.75, 3.05) is 5.32 Å². The lowest BCUT2D eigenvalue weighted by Crippen LogP contribution is -2.41. The van der Waals surface area contributed by atoms with E-state index >= 15 is 0 Å². The van der Waals surface area contributed by atoms with Gasteiger partial charge in [0.15, 0.2) is 0 Å². The Morgan fingerprint density at radius 1 is 0.966 bits per heavy atom. The molecule has 0 saturated heterocycles. The lowest BCUT2D eigenvalue weighted by molar-refractivity contribution is -0.384. The van der Waals surface area contributed by atoms with E-state index in [4.69, 9.17) is 4.84 Å². The fourth-order valence-electron chi connectivity index (χ4n) is 4.06. The highest BCUT2D eigenvalue weighted by Gasteiger charge is 2.61. The van der Waals surface area contributed by atoms with Crippen LogP contribution in [0.1, 0.15) is 22.6 Å². The Kier molecular flexibility index (Phi) is 3.70. The molecule has 0 bridgehead atoms. The minimum Gasteiger partial charge on any atom is -0.373 e. The normalized spacial score (nSPS) is 22.0. The van der Waals surface area contributed by atoms with E-state index < -0.39 is 16.4 Å². The monoisotopic (exact) mass is 385 g/mol. The van der Waals surface area contributed by atoms with Gasteiger partial charge in [0.05, 0.1) is 16.6 Å². The second kappa shape index (κ2) is 6.27. The van der Waals surface area contributed by atoms with Crippen LogP contribution in [0.15, 0.2) is 84.0 Å². The molecule has 3 aromatic carbocycles. The number of amides is 1. The highest BCUT2D eigenvalue weighted by atomic mass is 16.7. The maximum absolute atomic E-state index is 13.2. The molecule has 0 radical (unpaired) electrons. The number of nitro groups is 1. The van der Waals surface area contributed by atoms with Gasteiger partial charge in [0.2, 0.25) is 0 Å². The topological polar surface area (TPSA) is 93.8 Å². The van der Waals surface area contributed by atoms with E-state index in [1.165, 1.54) is 12.1 Å². The molecule has 0 unspecified atom stereocenters. The molecule has 5 rings (SSSR count). The van der Waals surface area contributed by atoms with Gasteiger partial charge in [0.25, 0.3) is 17.2 Å². The molecule has 2 heterocycles. The average molecular weight is 385 g/mol.